The van der Waals surface area contributed by atoms with Gasteiger partial charge in [0.1, 0.15) is 0 Å². The molecule has 0 N–H and O–H groups in total. The molecule has 0 saturated carbocycles. The molecule has 1 heterocycles. The predicted octanol–water partition coefficient (Wildman–Crippen LogP) is 3.38. The number of allylic oxidation sites excluding steroid dienone is 1. The summed E-state index contributed by atoms with van der Waals surface area (Å²) in [5.74, 6) is 0.188. The van der Waals surface area contributed by atoms with Crippen LogP contribution in [-0.2, 0) is 14.9 Å². The first-order valence-corrected chi connectivity index (χ1v) is 7.28. The molecule has 2 aliphatic rings. The monoisotopic (exact) mass is 276 g/mol. The molecule has 1 saturated heterocycles. The Morgan fingerprint density at radius 1 is 0.952 bits per heavy atom. The van der Waals surface area contributed by atoms with Crippen molar-refractivity contribution < 1.29 is 9.53 Å². The molecule has 21 heavy (non-hydrogen) atoms. The third-order valence-electron chi connectivity index (χ3n) is 4.50. The van der Waals surface area contributed by atoms with Crippen molar-refractivity contribution in [3.05, 3.63) is 77.9 Å². The van der Waals surface area contributed by atoms with Gasteiger partial charge in [-0.1, -0.05) is 60.7 Å². The van der Waals surface area contributed by atoms with Crippen LogP contribution in [0.25, 0.3) is 5.57 Å². The molecular weight excluding hydrogens is 260 g/mol. The van der Waals surface area contributed by atoms with Crippen LogP contribution >= 0.6 is 0 Å². The fraction of sp³-hybridized carbons (Fsp3) is 0.211. The number of carbonyl (C=O) groups is 1. The molecule has 2 aromatic rings. The molecule has 104 valence electrons. The van der Waals surface area contributed by atoms with Crippen molar-refractivity contribution in [2.24, 2.45) is 0 Å². The molecule has 0 radical (unpaired) electrons. The summed E-state index contributed by atoms with van der Waals surface area (Å²) in [6.45, 7) is 0.729. The maximum Gasteiger partial charge on any atom is 0.157 e. The summed E-state index contributed by atoms with van der Waals surface area (Å²) < 4.78 is 5.66. The molecule has 2 atom stereocenters. The van der Waals surface area contributed by atoms with Crippen LogP contribution in [0.3, 0.4) is 0 Å². The lowest BCUT2D eigenvalue weighted by atomic mass is 9.70. The summed E-state index contributed by atoms with van der Waals surface area (Å²) >= 11 is 0. The molecule has 0 aromatic heterocycles. The maximum atomic E-state index is 12.2. The Morgan fingerprint density at radius 2 is 1.57 bits per heavy atom. The normalized spacial score (nSPS) is 27.5. The SMILES string of the molecule is O=C1C=C(c2ccccc2)C(c2ccccc2)(C2CO2)C1. The van der Waals surface area contributed by atoms with Crippen LogP contribution in [0.4, 0.5) is 0 Å². The van der Waals surface area contributed by atoms with Crippen molar-refractivity contribution >= 4 is 11.4 Å². The van der Waals surface area contributed by atoms with Gasteiger partial charge in [0.05, 0.1) is 18.1 Å². The molecule has 1 fully saturated rings. The van der Waals surface area contributed by atoms with E-state index in [1.54, 1.807) is 0 Å². The highest BCUT2D eigenvalue weighted by Gasteiger charge is 2.54. The largest absolute Gasteiger partial charge is 0.372 e. The highest BCUT2D eigenvalue weighted by molar-refractivity contribution is 6.06. The Kier molecular flexibility index (Phi) is 2.79. The summed E-state index contributed by atoms with van der Waals surface area (Å²) in [6, 6.07) is 20.5. The summed E-state index contributed by atoms with van der Waals surface area (Å²) in [6.07, 6.45) is 2.42. The second-order valence-corrected chi connectivity index (χ2v) is 5.73. The summed E-state index contributed by atoms with van der Waals surface area (Å²) in [5.41, 5.74) is 3.07. The third kappa shape index (κ3) is 1.95. The first-order chi connectivity index (χ1) is 10.3. The standard InChI is InChI=1S/C19H16O2/c20-16-11-17(14-7-3-1-4-8-14)19(12-16,18-13-21-18)15-9-5-2-6-10-15/h1-11,18H,12-13H2. The summed E-state index contributed by atoms with van der Waals surface area (Å²) in [5, 5.41) is 0. The Morgan fingerprint density at radius 3 is 2.19 bits per heavy atom. The number of ketones is 1. The minimum atomic E-state index is -0.320. The zero-order valence-electron chi connectivity index (χ0n) is 11.7. The molecule has 4 rings (SSSR count). The van der Waals surface area contributed by atoms with E-state index in [0.717, 1.165) is 17.7 Å². The van der Waals surface area contributed by atoms with E-state index in [2.05, 4.69) is 24.3 Å². The van der Waals surface area contributed by atoms with Gasteiger partial charge in [0.15, 0.2) is 5.78 Å². The van der Waals surface area contributed by atoms with E-state index in [-0.39, 0.29) is 17.3 Å². The van der Waals surface area contributed by atoms with Crippen LogP contribution < -0.4 is 0 Å². The smallest absolute Gasteiger partial charge is 0.157 e. The van der Waals surface area contributed by atoms with Crippen molar-refractivity contribution in [2.45, 2.75) is 17.9 Å². The van der Waals surface area contributed by atoms with E-state index in [1.165, 1.54) is 5.56 Å². The number of hydrogen-bond acceptors (Lipinski definition) is 2. The highest BCUT2D eigenvalue weighted by atomic mass is 16.6. The van der Waals surface area contributed by atoms with Crippen molar-refractivity contribution in [1.82, 2.24) is 0 Å². The Balaban J connectivity index is 1.91. The number of rotatable bonds is 3. The Hall–Kier alpha value is -2.19. The fourth-order valence-corrected chi connectivity index (χ4v) is 3.47. The molecule has 1 aliphatic carbocycles. The zero-order valence-corrected chi connectivity index (χ0v) is 11.7. The Bertz CT molecular complexity index is 699. The lowest BCUT2D eigenvalue weighted by Crippen LogP contribution is -2.32. The van der Waals surface area contributed by atoms with Gasteiger partial charge >= 0.3 is 0 Å². The minimum Gasteiger partial charge on any atom is -0.372 e. The van der Waals surface area contributed by atoms with Gasteiger partial charge in [0, 0.05) is 6.42 Å². The van der Waals surface area contributed by atoms with E-state index in [4.69, 9.17) is 4.74 Å². The summed E-state index contributed by atoms with van der Waals surface area (Å²) in [4.78, 5) is 12.2. The van der Waals surface area contributed by atoms with Gasteiger partial charge < -0.3 is 4.74 Å². The molecule has 0 spiro atoms. The highest BCUT2D eigenvalue weighted by Crippen LogP contribution is 2.52. The second kappa shape index (κ2) is 4.68. The van der Waals surface area contributed by atoms with Crippen LogP contribution in [-0.4, -0.2) is 18.5 Å². The van der Waals surface area contributed by atoms with Crippen molar-refractivity contribution in [2.75, 3.05) is 6.61 Å². The predicted molar refractivity (Wildman–Crippen MR) is 81.9 cm³/mol. The van der Waals surface area contributed by atoms with Gasteiger partial charge in [-0.3, -0.25) is 4.79 Å². The average molecular weight is 276 g/mol. The number of epoxide rings is 1. The topological polar surface area (TPSA) is 29.6 Å². The van der Waals surface area contributed by atoms with Crippen LogP contribution in [0.2, 0.25) is 0 Å². The van der Waals surface area contributed by atoms with Gasteiger partial charge in [-0.2, -0.15) is 0 Å². The van der Waals surface area contributed by atoms with E-state index < -0.39 is 0 Å². The molecule has 2 unspecified atom stereocenters. The van der Waals surface area contributed by atoms with Crippen molar-refractivity contribution in [3.8, 4) is 0 Å². The molecular formula is C19H16O2. The number of hydrogen-bond donors (Lipinski definition) is 0. The van der Waals surface area contributed by atoms with Crippen LogP contribution in [0, 0.1) is 0 Å². The fourth-order valence-electron chi connectivity index (χ4n) is 3.47. The van der Waals surface area contributed by atoms with E-state index >= 15 is 0 Å². The molecule has 2 nitrogen and oxygen atoms in total. The third-order valence-corrected chi connectivity index (χ3v) is 4.50. The first-order valence-electron chi connectivity index (χ1n) is 7.28. The van der Waals surface area contributed by atoms with Gasteiger partial charge in [-0.15, -0.1) is 0 Å². The van der Waals surface area contributed by atoms with E-state index in [1.807, 2.05) is 42.5 Å². The van der Waals surface area contributed by atoms with Crippen LogP contribution in [0.1, 0.15) is 17.5 Å². The van der Waals surface area contributed by atoms with Crippen molar-refractivity contribution in [1.29, 1.82) is 0 Å². The molecule has 2 heteroatoms. The van der Waals surface area contributed by atoms with E-state index in [9.17, 15) is 4.79 Å². The quantitative estimate of drug-likeness (QED) is 0.804. The Labute approximate surface area is 124 Å². The van der Waals surface area contributed by atoms with Crippen molar-refractivity contribution in [3.63, 3.8) is 0 Å². The van der Waals surface area contributed by atoms with Crippen LogP contribution in [0.5, 0.6) is 0 Å². The van der Waals surface area contributed by atoms with E-state index in [0.29, 0.717) is 6.42 Å². The van der Waals surface area contributed by atoms with Gasteiger partial charge in [-0.05, 0) is 22.8 Å². The first kappa shape index (κ1) is 12.5. The molecule has 0 bridgehead atoms. The lowest BCUT2D eigenvalue weighted by Gasteiger charge is -2.31. The second-order valence-electron chi connectivity index (χ2n) is 5.73. The summed E-state index contributed by atoms with van der Waals surface area (Å²) in [7, 11) is 0. The van der Waals surface area contributed by atoms with Gasteiger partial charge in [0.25, 0.3) is 0 Å². The average Bonchev–Trinajstić information content (AvgIpc) is 3.33. The lowest BCUT2D eigenvalue weighted by molar-refractivity contribution is -0.114. The minimum absolute atomic E-state index is 0.109. The molecule has 1 aliphatic heterocycles. The molecule has 0 amide bonds. The number of ether oxygens (including phenoxy) is 1. The number of benzene rings is 2. The van der Waals surface area contributed by atoms with Gasteiger partial charge in [0.2, 0.25) is 0 Å². The van der Waals surface area contributed by atoms with Gasteiger partial charge in [-0.25, -0.2) is 0 Å². The number of carbonyl (C=O) groups excluding carboxylic acids is 1. The maximum absolute atomic E-state index is 12.2. The van der Waals surface area contributed by atoms with Crippen LogP contribution in [0.15, 0.2) is 66.7 Å². The zero-order chi connectivity index (χ0) is 14.3. The molecule has 2 aromatic carbocycles.